The number of likely N-dealkylation sites (tertiary alicyclic amines) is 1. The first-order chi connectivity index (χ1) is 13.1. The molecule has 0 radical (unpaired) electrons. The molecule has 6 nitrogen and oxygen atoms in total. The number of nitrogens with zero attached hydrogens (tertiary/aromatic N) is 4. The molecule has 0 N–H and O–H groups in total. The number of furan rings is 1. The van der Waals surface area contributed by atoms with E-state index >= 15 is 0 Å². The Hall–Kier alpha value is -1.90. The Bertz CT molecular complexity index is 930. The lowest BCUT2D eigenvalue weighted by molar-refractivity contribution is 0.0804. The second kappa shape index (κ2) is 8.00. The van der Waals surface area contributed by atoms with E-state index in [2.05, 4.69) is 15.1 Å². The molecule has 142 valence electrons. The van der Waals surface area contributed by atoms with Crippen LogP contribution in [0.15, 0.2) is 44.6 Å². The van der Waals surface area contributed by atoms with E-state index < -0.39 is 0 Å². The number of hydrogen-bond donors (Lipinski definition) is 0. The Labute approximate surface area is 166 Å². The van der Waals surface area contributed by atoms with Crippen LogP contribution in [0, 0.1) is 12.8 Å². The molecule has 0 amide bonds. The van der Waals surface area contributed by atoms with Crippen LogP contribution in [0.3, 0.4) is 0 Å². The van der Waals surface area contributed by atoms with Gasteiger partial charge in [-0.15, -0.1) is 21.5 Å². The summed E-state index contributed by atoms with van der Waals surface area (Å²) < 4.78 is 7.82. The molecule has 0 aromatic carbocycles. The van der Waals surface area contributed by atoms with Crippen molar-refractivity contribution in [3.05, 3.63) is 46.1 Å². The fourth-order valence-corrected chi connectivity index (χ4v) is 5.09. The van der Waals surface area contributed by atoms with E-state index in [1.165, 1.54) is 11.8 Å². The van der Waals surface area contributed by atoms with Gasteiger partial charge in [0.05, 0.1) is 11.4 Å². The van der Waals surface area contributed by atoms with Crippen molar-refractivity contribution in [1.82, 2.24) is 19.7 Å². The first-order valence-corrected chi connectivity index (χ1v) is 10.7. The van der Waals surface area contributed by atoms with Crippen LogP contribution in [-0.4, -0.2) is 38.5 Å². The number of aryl methyl sites for hydroxylation is 2. The number of ketones is 1. The highest BCUT2D eigenvalue weighted by atomic mass is 32.2. The van der Waals surface area contributed by atoms with Gasteiger partial charge in [0.2, 0.25) is 0 Å². The smallest absolute Gasteiger partial charge is 0.198 e. The quantitative estimate of drug-likeness (QED) is 0.580. The Balaban J connectivity index is 1.37. The minimum atomic E-state index is 0.0820. The normalized spacial score (nSPS) is 18.1. The lowest BCUT2D eigenvalue weighted by Crippen LogP contribution is -2.38. The zero-order chi connectivity index (χ0) is 18.8. The van der Waals surface area contributed by atoms with Crippen LogP contribution < -0.4 is 0 Å². The summed E-state index contributed by atoms with van der Waals surface area (Å²) in [6.45, 7) is 4.54. The molecule has 27 heavy (non-hydrogen) atoms. The molecule has 1 atom stereocenters. The first kappa shape index (κ1) is 18.5. The van der Waals surface area contributed by atoms with Crippen molar-refractivity contribution < 1.29 is 9.21 Å². The average molecular weight is 403 g/mol. The summed E-state index contributed by atoms with van der Waals surface area (Å²) in [5.74, 6) is 1.30. The lowest BCUT2D eigenvalue weighted by atomic mass is 9.92. The highest BCUT2D eigenvalue weighted by Crippen LogP contribution is 2.29. The van der Waals surface area contributed by atoms with Crippen LogP contribution in [0.2, 0.25) is 0 Å². The number of aromatic nitrogens is 3. The van der Waals surface area contributed by atoms with E-state index in [9.17, 15) is 4.79 Å². The summed E-state index contributed by atoms with van der Waals surface area (Å²) in [6, 6.07) is 6.00. The maximum atomic E-state index is 12.8. The van der Waals surface area contributed by atoms with Gasteiger partial charge in [0, 0.05) is 19.5 Å². The number of hydrogen-bond acceptors (Lipinski definition) is 7. The molecule has 1 saturated heterocycles. The second-order valence-corrected chi connectivity index (χ2v) is 8.81. The molecular formula is C19H22N4O2S2. The Morgan fingerprint density at radius 3 is 3.04 bits per heavy atom. The zero-order valence-corrected chi connectivity index (χ0v) is 17.1. The van der Waals surface area contributed by atoms with Crippen molar-refractivity contribution in [3.8, 4) is 0 Å². The van der Waals surface area contributed by atoms with Gasteiger partial charge in [-0.1, -0.05) is 0 Å². The Morgan fingerprint density at radius 2 is 2.30 bits per heavy atom. The molecule has 8 heteroatoms. The molecule has 0 aliphatic carbocycles. The summed E-state index contributed by atoms with van der Waals surface area (Å²) in [5, 5.41) is 11.6. The lowest BCUT2D eigenvalue weighted by Gasteiger charge is -2.31. The van der Waals surface area contributed by atoms with E-state index in [-0.39, 0.29) is 5.92 Å². The summed E-state index contributed by atoms with van der Waals surface area (Å²) in [6.07, 6.45) is 3.69. The number of piperidine rings is 1. The SMILES string of the molecule is Cc1ccsc1C(=O)C1CCCN(Cc2ccc(Sc3nncn3C)o2)C1. The molecule has 3 aromatic heterocycles. The molecular weight excluding hydrogens is 380 g/mol. The van der Waals surface area contributed by atoms with Gasteiger partial charge in [-0.05, 0) is 67.2 Å². The van der Waals surface area contributed by atoms with Gasteiger partial charge in [0.15, 0.2) is 16.0 Å². The van der Waals surface area contributed by atoms with Gasteiger partial charge >= 0.3 is 0 Å². The number of thiophene rings is 1. The van der Waals surface area contributed by atoms with Gasteiger partial charge in [0.25, 0.3) is 0 Å². The standard InChI is InChI=1S/C19H22N4O2S2/c1-13-7-9-26-18(13)17(24)14-4-3-8-23(10-14)11-15-5-6-16(25-15)27-19-21-20-12-22(19)2/h5-7,9,12,14H,3-4,8,10-11H2,1-2H3. The van der Waals surface area contributed by atoms with E-state index in [4.69, 9.17) is 4.42 Å². The van der Waals surface area contributed by atoms with Gasteiger partial charge in [-0.25, -0.2) is 0 Å². The highest BCUT2D eigenvalue weighted by molar-refractivity contribution is 7.99. The summed E-state index contributed by atoms with van der Waals surface area (Å²) in [4.78, 5) is 16.1. The van der Waals surface area contributed by atoms with Crippen LogP contribution in [-0.2, 0) is 13.6 Å². The third-order valence-electron chi connectivity index (χ3n) is 4.84. The van der Waals surface area contributed by atoms with Crippen molar-refractivity contribution >= 4 is 28.9 Å². The largest absolute Gasteiger partial charge is 0.453 e. The maximum Gasteiger partial charge on any atom is 0.198 e. The fourth-order valence-electron chi connectivity index (χ4n) is 3.40. The topological polar surface area (TPSA) is 64.2 Å². The van der Waals surface area contributed by atoms with Gasteiger partial charge in [0.1, 0.15) is 12.1 Å². The number of carbonyl (C=O) groups is 1. The van der Waals surface area contributed by atoms with E-state index in [0.717, 1.165) is 58.9 Å². The van der Waals surface area contributed by atoms with Gasteiger partial charge in [-0.3, -0.25) is 9.69 Å². The Morgan fingerprint density at radius 1 is 1.41 bits per heavy atom. The number of carbonyl (C=O) groups excluding carboxylic acids is 1. The third kappa shape index (κ3) is 4.17. The average Bonchev–Trinajstić information content (AvgIpc) is 3.38. The highest BCUT2D eigenvalue weighted by Gasteiger charge is 2.28. The maximum absolute atomic E-state index is 12.8. The third-order valence-corrected chi connectivity index (χ3v) is 6.84. The molecule has 1 fully saturated rings. The minimum Gasteiger partial charge on any atom is -0.453 e. The predicted octanol–water partition coefficient (Wildman–Crippen LogP) is 4.02. The monoisotopic (exact) mass is 402 g/mol. The molecule has 1 aliphatic rings. The molecule has 4 rings (SSSR count). The molecule has 4 heterocycles. The van der Waals surface area contributed by atoms with Crippen molar-refractivity contribution in [2.45, 2.75) is 36.6 Å². The van der Waals surface area contributed by atoms with Crippen LogP contribution in [0.25, 0.3) is 0 Å². The van der Waals surface area contributed by atoms with Crippen LogP contribution in [0.1, 0.15) is 33.8 Å². The molecule has 0 spiro atoms. The Kier molecular flexibility index (Phi) is 5.47. The van der Waals surface area contributed by atoms with E-state index in [1.807, 2.05) is 42.1 Å². The summed E-state index contributed by atoms with van der Waals surface area (Å²) in [7, 11) is 1.91. The van der Waals surface area contributed by atoms with Crippen molar-refractivity contribution in [2.24, 2.45) is 13.0 Å². The van der Waals surface area contributed by atoms with Crippen LogP contribution in [0.4, 0.5) is 0 Å². The van der Waals surface area contributed by atoms with Gasteiger partial charge in [-0.2, -0.15) is 0 Å². The molecule has 1 aliphatic heterocycles. The van der Waals surface area contributed by atoms with Crippen LogP contribution >= 0.6 is 23.1 Å². The van der Waals surface area contributed by atoms with E-state index in [0.29, 0.717) is 5.78 Å². The van der Waals surface area contributed by atoms with Crippen molar-refractivity contribution in [2.75, 3.05) is 13.1 Å². The molecule has 3 aromatic rings. The minimum absolute atomic E-state index is 0.0820. The fraction of sp³-hybridized carbons (Fsp3) is 0.421. The summed E-state index contributed by atoms with van der Waals surface area (Å²) >= 11 is 3.02. The van der Waals surface area contributed by atoms with Crippen molar-refractivity contribution in [1.29, 1.82) is 0 Å². The summed E-state index contributed by atoms with van der Waals surface area (Å²) in [5.41, 5.74) is 1.10. The molecule has 1 unspecified atom stereocenters. The first-order valence-electron chi connectivity index (χ1n) is 9.01. The number of rotatable bonds is 6. The molecule has 0 saturated carbocycles. The van der Waals surface area contributed by atoms with Gasteiger partial charge < -0.3 is 8.98 Å². The number of Topliss-reactive ketones (excluding diaryl/α,β-unsaturated/α-hetero) is 1. The molecule has 0 bridgehead atoms. The van der Waals surface area contributed by atoms with E-state index in [1.54, 1.807) is 17.7 Å². The second-order valence-electron chi connectivity index (χ2n) is 6.92. The zero-order valence-electron chi connectivity index (χ0n) is 15.4. The van der Waals surface area contributed by atoms with Crippen LogP contribution in [0.5, 0.6) is 0 Å². The predicted molar refractivity (Wildman–Crippen MR) is 105 cm³/mol. The van der Waals surface area contributed by atoms with Crippen molar-refractivity contribution in [3.63, 3.8) is 0 Å².